The van der Waals surface area contributed by atoms with Crippen LogP contribution in [0.5, 0.6) is 5.75 Å². The van der Waals surface area contributed by atoms with E-state index in [-0.39, 0.29) is 18.6 Å². The molecule has 1 aromatic heterocycles. The molecule has 0 radical (unpaired) electrons. The van der Waals surface area contributed by atoms with Crippen LogP contribution < -0.4 is 10.5 Å². The van der Waals surface area contributed by atoms with E-state index < -0.39 is 5.91 Å². The predicted molar refractivity (Wildman–Crippen MR) is 87.4 cm³/mol. The van der Waals surface area contributed by atoms with Crippen LogP contribution in [0.3, 0.4) is 0 Å². The van der Waals surface area contributed by atoms with Crippen LogP contribution in [0.2, 0.25) is 0 Å². The number of primary amides is 1. The largest absolute Gasteiger partial charge is 0.484 e. The second-order valence-corrected chi connectivity index (χ2v) is 5.89. The third-order valence-electron chi connectivity index (χ3n) is 4.09. The van der Waals surface area contributed by atoms with Crippen LogP contribution >= 0.6 is 0 Å². The Labute approximate surface area is 140 Å². The molecule has 1 aliphatic rings. The molecule has 0 spiro atoms. The molecule has 3 rings (SSSR count). The fourth-order valence-corrected chi connectivity index (χ4v) is 3.01. The van der Waals surface area contributed by atoms with Gasteiger partial charge in [-0.25, -0.2) is 0 Å². The molecule has 0 aliphatic carbocycles. The van der Waals surface area contributed by atoms with Gasteiger partial charge >= 0.3 is 0 Å². The normalized spacial score (nSPS) is 17.0. The van der Waals surface area contributed by atoms with Crippen LogP contribution in [-0.4, -0.2) is 39.6 Å². The molecule has 24 heavy (non-hydrogen) atoms. The lowest BCUT2D eigenvalue weighted by molar-refractivity contribution is -0.119. The molecule has 7 heteroatoms. The van der Waals surface area contributed by atoms with Crippen LogP contribution in [0.1, 0.15) is 34.8 Å². The van der Waals surface area contributed by atoms with Crippen LogP contribution in [-0.2, 0) is 11.8 Å². The molecule has 0 unspecified atom stereocenters. The highest BCUT2D eigenvalue weighted by Gasteiger charge is 2.31. The van der Waals surface area contributed by atoms with Crippen molar-refractivity contribution in [2.75, 3.05) is 13.2 Å². The third kappa shape index (κ3) is 3.40. The fraction of sp³-hybridized carbons (Fsp3) is 0.353. The smallest absolute Gasteiger partial charge is 0.255 e. The Bertz CT molecular complexity index is 756. The molecular weight excluding hydrogens is 308 g/mol. The Morgan fingerprint density at radius 3 is 2.96 bits per heavy atom. The Morgan fingerprint density at radius 1 is 1.42 bits per heavy atom. The van der Waals surface area contributed by atoms with Crippen molar-refractivity contribution in [3.8, 4) is 5.75 Å². The van der Waals surface area contributed by atoms with Crippen LogP contribution in [0.15, 0.2) is 36.7 Å². The van der Waals surface area contributed by atoms with Gasteiger partial charge < -0.3 is 15.4 Å². The second-order valence-electron chi connectivity index (χ2n) is 5.89. The number of aryl methyl sites for hydroxylation is 1. The maximum atomic E-state index is 12.9. The number of amides is 2. The van der Waals surface area contributed by atoms with Crippen molar-refractivity contribution in [1.29, 1.82) is 0 Å². The SMILES string of the molecule is Cn1cc([C@@H]2CCCN2C(=O)c2cccc(OCC(N)=O)c2)cn1. The van der Waals surface area contributed by atoms with Crippen molar-refractivity contribution in [3.63, 3.8) is 0 Å². The lowest BCUT2D eigenvalue weighted by Gasteiger charge is -2.24. The number of nitrogens with two attached hydrogens (primary N) is 1. The summed E-state index contributed by atoms with van der Waals surface area (Å²) >= 11 is 0. The molecule has 1 atom stereocenters. The lowest BCUT2D eigenvalue weighted by atomic mass is 10.1. The zero-order valence-corrected chi connectivity index (χ0v) is 13.5. The van der Waals surface area contributed by atoms with Gasteiger partial charge in [-0.05, 0) is 31.0 Å². The summed E-state index contributed by atoms with van der Waals surface area (Å²) in [6, 6.07) is 6.87. The molecule has 1 aromatic carbocycles. The number of hydrogen-bond acceptors (Lipinski definition) is 4. The Morgan fingerprint density at radius 2 is 2.25 bits per heavy atom. The summed E-state index contributed by atoms with van der Waals surface area (Å²) < 4.78 is 7.02. The minimum Gasteiger partial charge on any atom is -0.484 e. The summed E-state index contributed by atoms with van der Waals surface area (Å²) in [5.41, 5.74) is 6.66. The lowest BCUT2D eigenvalue weighted by Crippen LogP contribution is -2.30. The van der Waals surface area contributed by atoms with Crippen LogP contribution in [0.4, 0.5) is 0 Å². The summed E-state index contributed by atoms with van der Waals surface area (Å²) in [6.45, 7) is 0.504. The molecule has 126 valence electrons. The van der Waals surface area contributed by atoms with E-state index in [9.17, 15) is 9.59 Å². The van der Waals surface area contributed by atoms with Gasteiger partial charge in [0.1, 0.15) is 5.75 Å². The molecule has 2 aromatic rings. The van der Waals surface area contributed by atoms with Gasteiger partial charge in [-0.1, -0.05) is 6.07 Å². The van der Waals surface area contributed by atoms with Gasteiger partial charge in [0.2, 0.25) is 0 Å². The Balaban J connectivity index is 1.78. The van der Waals surface area contributed by atoms with E-state index in [1.165, 1.54) is 0 Å². The zero-order chi connectivity index (χ0) is 17.1. The summed E-state index contributed by atoms with van der Waals surface area (Å²) in [6.07, 6.45) is 5.64. The third-order valence-corrected chi connectivity index (χ3v) is 4.09. The molecule has 2 amide bonds. The molecule has 1 fully saturated rings. The summed E-state index contributed by atoms with van der Waals surface area (Å²) in [5, 5.41) is 4.20. The summed E-state index contributed by atoms with van der Waals surface area (Å²) in [7, 11) is 1.87. The van der Waals surface area contributed by atoms with Crippen molar-refractivity contribution in [2.45, 2.75) is 18.9 Å². The highest BCUT2D eigenvalue weighted by Crippen LogP contribution is 2.33. The Kier molecular flexibility index (Phi) is 4.50. The van der Waals surface area contributed by atoms with Crippen molar-refractivity contribution in [1.82, 2.24) is 14.7 Å². The number of carbonyl (C=O) groups excluding carboxylic acids is 2. The number of hydrogen-bond donors (Lipinski definition) is 1. The van der Waals surface area contributed by atoms with E-state index in [1.807, 2.05) is 24.3 Å². The first-order valence-corrected chi connectivity index (χ1v) is 7.85. The van der Waals surface area contributed by atoms with E-state index in [0.717, 1.165) is 18.4 Å². The molecule has 0 saturated carbocycles. The average Bonchev–Trinajstić information content (AvgIpc) is 3.21. The maximum absolute atomic E-state index is 12.9. The molecular formula is C17H20N4O3. The first-order valence-electron chi connectivity index (χ1n) is 7.85. The van der Waals surface area contributed by atoms with E-state index in [1.54, 1.807) is 28.9 Å². The van der Waals surface area contributed by atoms with Crippen molar-refractivity contribution in [3.05, 3.63) is 47.8 Å². The highest BCUT2D eigenvalue weighted by atomic mass is 16.5. The van der Waals surface area contributed by atoms with Crippen LogP contribution in [0, 0.1) is 0 Å². The van der Waals surface area contributed by atoms with Crippen molar-refractivity contribution < 1.29 is 14.3 Å². The first-order chi connectivity index (χ1) is 11.5. The number of likely N-dealkylation sites (tertiary alicyclic amines) is 1. The van der Waals surface area contributed by atoms with Gasteiger partial charge in [0.05, 0.1) is 12.2 Å². The summed E-state index contributed by atoms with van der Waals surface area (Å²) in [4.78, 5) is 25.6. The molecule has 1 saturated heterocycles. The molecule has 2 N–H and O–H groups in total. The molecule has 1 aliphatic heterocycles. The summed E-state index contributed by atoms with van der Waals surface area (Å²) in [5.74, 6) is -0.148. The number of ether oxygens (including phenoxy) is 1. The monoisotopic (exact) mass is 328 g/mol. The van der Waals surface area contributed by atoms with Crippen molar-refractivity contribution >= 4 is 11.8 Å². The maximum Gasteiger partial charge on any atom is 0.255 e. The fourth-order valence-electron chi connectivity index (χ4n) is 3.01. The highest BCUT2D eigenvalue weighted by molar-refractivity contribution is 5.95. The Hall–Kier alpha value is -2.83. The average molecular weight is 328 g/mol. The van der Waals surface area contributed by atoms with E-state index in [2.05, 4.69) is 5.10 Å². The quantitative estimate of drug-likeness (QED) is 0.894. The van der Waals surface area contributed by atoms with Gasteiger partial charge in [0.15, 0.2) is 6.61 Å². The van der Waals surface area contributed by atoms with Gasteiger partial charge in [-0.3, -0.25) is 14.3 Å². The van der Waals surface area contributed by atoms with Crippen molar-refractivity contribution in [2.24, 2.45) is 12.8 Å². The van der Waals surface area contributed by atoms with E-state index in [0.29, 0.717) is 17.9 Å². The minimum atomic E-state index is -0.553. The number of aromatic nitrogens is 2. The van der Waals surface area contributed by atoms with Crippen LogP contribution in [0.25, 0.3) is 0 Å². The predicted octanol–water partition coefficient (Wildman–Crippen LogP) is 1.26. The minimum absolute atomic E-state index is 0.0430. The van der Waals surface area contributed by atoms with Gasteiger partial charge in [-0.15, -0.1) is 0 Å². The number of carbonyl (C=O) groups is 2. The van der Waals surface area contributed by atoms with Gasteiger partial charge in [0.25, 0.3) is 11.8 Å². The number of benzene rings is 1. The van der Waals surface area contributed by atoms with E-state index >= 15 is 0 Å². The molecule has 7 nitrogen and oxygen atoms in total. The van der Waals surface area contributed by atoms with Gasteiger partial charge in [-0.2, -0.15) is 5.10 Å². The molecule has 0 bridgehead atoms. The topological polar surface area (TPSA) is 90.5 Å². The zero-order valence-electron chi connectivity index (χ0n) is 13.5. The first kappa shape index (κ1) is 16.0. The van der Waals surface area contributed by atoms with Gasteiger partial charge in [0, 0.05) is 30.9 Å². The number of nitrogens with zero attached hydrogens (tertiary/aromatic N) is 3. The second kappa shape index (κ2) is 6.74. The standard InChI is InChI=1S/C17H20N4O3/c1-20-10-13(9-19-20)15-6-3-7-21(15)17(23)12-4-2-5-14(8-12)24-11-16(18)22/h2,4-5,8-10,15H,3,6-7,11H2,1H3,(H2,18,22)/t15-/m0/s1. The number of rotatable bonds is 5. The molecule has 2 heterocycles. The van der Waals surface area contributed by atoms with E-state index in [4.69, 9.17) is 10.5 Å².